The summed E-state index contributed by atoms with van der Waals surface area (Å²) in [6.07, 6.45) is 1.48. The largest absolute Gasteiger partial charge is 0.497 e. The predicted octanol–water partition coefficient (Wildman–Crippen LogP) is 3.72. The third-order valence-corrected chi connectivity index (χ3v) is 4.32. The second-order valence-corrected chi connectivity index (χ2v) is 6.16. The molecule has 3 aromatic rings. The average Bonchev–Trinajstić information content (AvgIpc) is 3.06. The van der Waals surface area contributed by atoms with Crippen LogP contribution in [-0.2, 0) is 0 Å². The number of rotatable bonds is 6. The highest BCUT2D eigenvalue weighted by molar-refractivity contribution is 7.71. The highest BCUT2D eigenvalue weighted by Crippen LogP contribution is 2.32. The zero-order valence-corrected chi connectivity index (χ0v) is 16.2. The van der Waals surface area contributed by atoms with Crippen LogP contribution in [0.5, 0.6) is 11.5 Å². The van der Waals surface area contributed by atoms with Gasteiger partial charge < -0.3 is 9.47 Å². The zero-order chi connectivity index (χ0) is 20.3. The molecule has 0 aliphatic rings. The molecule has 0 radical (unpaired) electrons. The van der Waals surface area contributed by atoms with Crippen LogP contribution in [0.3, 0.4) is 0 Å². The lowest BCUT2D eigenvalue weighted by Gasteiger charge is -2.09. The predicted molar refractivity (Wildman–Crippen MR) is 107 cm³/mol. The van der Waals surface area contributed by atoms with Crippen molar-refractivity contribution in [1.82, 2.24) is 14.9 Å². The van der Waals surface area contributed by atoms with Gasteiger partial charge in [0.05, 0.1) is 30.9 Å². The lowest BCUT2D eigenvalue weighted by atomic mass is 10.1. The zero-order valence-electron chi connectivity index (χ0n) is 15.4. The van der Waals surface area contributed by atoms with Gasteiger partial charge in [-0.3, -0.25) is 10.1 Å². The molecule has 0 fully saturated rings. The monoisotopic (exact) mass is 399 g/mol. The first-order chi connectivity index (χ1) is 13.4. The van der Waals surface area contributed by atoms with Gasteiger partial charge in [0.15, 0.2) is 5.82 Å². The number of benzene rings is 2. The van der Waals surface area contributed by atoms with Crippen molar-refractivity contribution >= 4 is 24.1 Å². The molecule has 1 heterocycles. The summed E-state index contributed by atoms with van der Waals surface area (Å²) < 4.78 is 12.3. The van der Waals surface area contributed by atoms with Gasteiger partial charge in [-0.05, 0) is 31.3 Å². The molecular weight excluding hydrogens is 382 g/mol. The molecule has 28 heavy (non-hydrogen) atoms. The maximum atomic E-state index is 11.1. The van der Waals surface area contributed by atoms with E-state index in [0.29, 0.717) is 34.0 Å². The molecule has 9 nitrogen and oxygen atoms in total. The maximum absolute atomic E-state index is 11.1. The number of hydrogen-bond acceptors (Lipinski definition) is 7. The van der Waals surface area contributed by atoms with Gasteiger partial charge in [-0.2, -0.15) is 14.9 Å². The third-order valence-electron chi connectivity index (χ3n) is 4.05. The minimum Gasteiger partial charge on any atom is -0.497 e. The average molecular weight is 399 g/mol. The Morgan fingerprint density at radius 2 is 2.04 bits per heavy atom. The van der Waals surface area contributed by atoms with Crippen molar-refractivity contribution in [2.75, 3.05) is 14.2 Å². The lowest BCUT2D eigenvalue weighted by Crippen LogP contribution is -1.98. The van der Waals surface area contributed by atoms with Gasteiger partial charge in [-0.25, -0.2) is 5.10 Å². The fourth-order valence-corrected chi connectivity index (χ4v) is 2.76. The molecule has 0 unspecified atom stereocenters. The van der Waals surface area contributed by atoms with Crippen LogP contribution in [0, 0.1) is 21.8 Å². The van der Waals surface area contributed by atoms with Crippen LogP contribution in [0.2, 0.25) is 0 Å². The van der Waals surface area contributed by atoms with Crippen molar-refractivity contribution in [3.8, 4) is 22.9 Å². The summed E-state index contributed by atoms with van der Waals surface area (Å²) >= 11 is 5.26. The molecule has 1 N–H and O–H groups in total. The fourth-order valence-electron chi connectivity index (χ4n) is 2.58. The van der Waals surface area contributed by atoms with Crippen LogP contribution in [0.25, 0.3) is 11.4 Å². The molecular formula is C18H17N5O4S. The van der Waals surface area contributed by atoms with Crippen molar-refractivity contribution in [1.29, 1.82) is 0 Å². The first kappa shape index (κ1) is 19.2. The SMILES string of the molecule is COc1ccc(-c2n[nH]c(=S)n2/N=C\c2ccc(C)c([N+](=O)[O-])c2)c(OC)c1. The lowest BCUT2D eigenvalue weighted by molar-refractivity contribution is -0.385. The Morgan fingerprint density at radius 3 is 2.71 bits per heavy atom. The molecule has 0 saturated heterocycles. The molecule has 0 spiro atoms. The molecule has 0 atom stereocenters. The van der Waals surface area contributed by atoms with E-state index in [0.717, 1.165) is 0 Å². The van der Waals surface area contributed by atoms with Crippen LogP contribution >= 0.6 is 12.2 Å². The molecule has 0 bridgehead atoms. The van der Waals surface area contributed by atoms with Crippen molar-refractivity contribution in [2.24, 2.45) is 5.10 Å². The summed E-state index contributed by atoms with van der Waals surface area (Å²) in [5.41, 5.74) is 1.82. The van der Waals surface area contributed by atoms with E-state index in [-0.39, 0.29) is 10.5 Å². The van der Waals surface area contributed by atoms with Crippen molar-refractivity contribution in [3.05, 3.63) is 62.4 Å². The quantitative estimate of drug-likeness (QED) is 0.293. The Bertz CT molecular complexity index is 1120. The Hall–Kier alpha value is -3.53. The van der Waals surface area contributed by atoms with Crippen molar-refractivity contribution < 1.29 is 14.4 Å². The summed E-state index contributed by atoms with van der Waals surface area (Å²) in [5.74, 6) is 1.61. The Labute approximate surface area is 165 Å². The number of aromatic nitrogens is 3. The molecule has 1 aromatic heterocycles. The topological polar surface area (TPSA) is 108 Å². The number of H-pyrrole nitrogens is 1. The molecule has 0 aliphatic carbocycles. The number of aromatic amines is 1. The Morgan fingerprint density at radius 1 is 1.25 bits per heavy atom. The summed E-state index contributed by atoms with van der Waals surface area (Å²) in [6, 6.07) is 10.1. The molecule has 144 valence electrons. The van der Waals surface area contributed by atoms with Crippen molar-refractivity contribution in [3.63, 3.8) is 0 Å². The molecule has 0 amide bonds. The van der Waals surface area contributed by atoms with E-state index >= 15 is 0 Å². The first-order valence-electron chi connectivity index (χ1n) is 8.13. The molecule has 0 aliphatic heterocycles. The minimum atomic E-state index is -0.427. The molecule has 2 aromatic carbocycles. The van der Waals surface area contributed by atoms with E-state index in [1.165, 1.54) is 17.0 Å². The summed E-state index contributed by atoms with van der Waals surface area (Å²) in [6.45, 7) is 1.68. The van der Waals surface area contributed by atoms with Crippen LogP contribution in [0.15, 0.2) is 41.5 Å². The van der Waals surface area contributed by atoms with Gasteiger partial charge in [-0.15, -0.1) is 0 Å². The molecule has 10 heteroatoms. The van der Waals surface area contributed by atoms with E-state index in [9.17, 15) is 10.1 Å². The Balaban J connectivity index is 2.03. The van der Waals surface area contributed by atoms with Gasteiger partial charge in [0.1, 0.15) is 11.5 Å². The standard InChI is InChI=1S/C18H17N5O4S/c1-11-4-5-12(8-15(11)23(24)25)10-19-22-17(20-21-18(22)28)14-7-6-13(26-2)9-16(14)27-3/h4-10H,1-3H3,(H,21,28)/b19-10-. The number of nitrogens with one attached hydrogen (secondary N) is 1. The van der Waals surface area contributed by atoms with Crippen molar-refractivity contribution in [2.45, 2.75) is 6.92 Å². The highest BCUT2D eigenvalue weighted by Gasteiger charge is 2.15. The van der Waals surface area contributed by atoms with Gasteiger partial charge in [0.25, 0.3) is 5.69 Å². The van der Waals surface area contributed by atoms with E-state index in [1.807, 2.05) is 0 Å². The second-order valence-electron chi connectivity index (χ2n) is 5.78. The van der Waals surface area contributed by atoms with Crippen LogP contribution in [0.4, 0.5) is 5.69 Å². The van der Waals surface area contributed by atoms with E-state index in [2.05, 4.69) is 15.3 Å². The summed E-state index contributed by atoms with van der Waals surface area (Å²) in [7, 11) is 3.11. The van der Waals surface area contributed by atoms with Crippen LogP contribution in [-0.4, -0.2) is 40.2 Å². The second kappa shape index (κ2) is 8.01. The van der Waals surface area contributed by atoms with Crippen LogP contribution < -0.4 is 9.47 Å². The number of methoxy groups -OCH3 is 2. The van der Waals surface area contributed by atoms with Gasteiger partial charge in [0.2, 0.25) is 4.77 Å². The number of aryl methyl sites for hydroxylation is 1. The Kier molecular flexibility index (Phi) is 5.50. The number of ether oxygens (including phenoxy) is 2. The van der Waals surface area contributed by atoms with E-state index in [4.69, 9.17) is 21.7 Å². The maximum Gasteiger partial charge on any atom is 0.272 e. The van der Waals surface area contributed by atoms with E-state index < -0.39 is 4.92 Å². The summed E-state index contributed by atoms with van der Waals surface area (Å²) in [4.78, 5) is 10.7. The number of nitro groups is 1. The van der Waals surface area contributed by atoms with Gasteiger partial charge in [0, 0.05) is 23.3 Å². The number of nitro benzene ring substituents is 1. The van der Waals surface area contributed by atoms with Gasteiger partial charge >= 0.3 is 0 Å². The first-order valence-corrected chi connectivity index (χ1v) is 8.54. The van der Waals surface area contributed by atoms with E-state index in [1.54, 1.807) is 51.5 Å². The number of hydrogen-bond donors (Lipinski definition) is 1. The summed E-state index contributed by atoms with van der Waals surface area (Å²) in [5, 5.41) is 22.4. The molecule has 0 saturated carbocycles. The minimum absolute atomic E-state index is 0.0248. The fraction of sp³-hybridized carbons (Fsp3) is 0.167. The smallest absolute Gasteiger partial charge is 0.272 e. The van der Waals surface area contributed by atoms with Crippen LogP contribution in [0.1, 0.15) is 11.1 Å². The van der Waals surface area contributed by atoms with Gasteiger partial charge in [-0.1, -0.05) is 12.1 Å². The molecule has 3 rings (SSSR count). The highest BCUT2D eigenvalue weighted by atomic mass is 32.1. The number of nitrogens with zero attached hydrogens (tertiary/aromatic N) is 4. The normalized spacial score (nSPS) is 11.0. The third kappa shape index (κ3) is 3.76.